The summed E-state index contributed by atoms with van der Waals surface area (Å²) in [7, 11) is 1.59. The minimum absolute atomic E-state index is 0. The molecule has 5 nitrogen and oxygen atoms in total. The lowest BCUT2D eigenvalue weighted by Crippen LogP contribution is -2.38. The minimum Gasteiger partial charge on any atom is -0.356 e. The fraction of sp³-hybridized carbons (Fsp3) is 0.263. The number of aliphatic imine (C=N–C) groups is 1. The third-order valence-electron chi connectivity index (χ3n) is 3.65. The largest absolute Gasteiger partial charge is 0.356 e. The SMILES string of the molecule is CN=C(NCCCNC(=O)c1ccccc1)NCc1cc(F)ccc1F.I. The molecule has 3 N–H and O–H groups in total. The third kappa shape index (κ3) is 7.90. The molecule has 8 heteroatoms. The van der Waals surface area contributed by atoms with Crippen LogP contribution in [0.1, 0.15) is 22.3 Å². The number of guanidine groups is 1. The van der Waals surface area contributed by atoms with Crippen molar-refractivity contribution in [1.29, 1.82) is 0 Å². The summed E-state index contributed by atoms with van der Waals surface area (Å²) in [4.78, 5) is 15.9. The third-order valence-corrected chi connectivity index (χ3v) is 3.65. The van der Waals surface area contributed by atoms with Gasteiger partial charge in [0.05, 0.1) is 0 Å². The first kappa shape index (κ1) is 22.8. The molecule has 0 spiro atoms. The van der Waals surface area contributed by atoms with Crippen molar-refractivity contribution in [3.63, 3.8) is 0 Å². The van der Waals surface area contributed by atoms with Crippen molar-refractivity contribution >= 4 is 35.8 Å². The molecule has 0 aliphatic carbocycles. The van der Waals surface area contributed by atoms with Crippen molar-refractivity contribution in [2.75, 3.05) is 20.1 Å². The van der Waals surface area contributed by atoms with Crippen LogP contribution in [0.15, 0.2) is 53.5 Å². The number of nitrogens with one attached hydrogen (secondary N) is 3. The molecule has 0 heterocycles. The van der Waals surface area contributed by atoms with Crippen LogP contribution >= 0.6 is 24.0 Å². The van der Waals surface area contributed by atoms with E-state index in [1.807, 2.05) is 18.2 Å². The fourth-order valence-electron chi connectivity index (χ4n) is 2.27. The topological polar surface area (TPSA) is 65.5 Å². The van der Waals surface area contributed by atoms with Crippen molar-refractivity contribution in [1.82, 2.24) is 16.0 Å². The van der Waals surface area contributed by atoms with Crippen LogP contribution in [0.3, 0.4) is 0 Å². The first-order valence-electron chi connectivity index (χ1n) is 8.32. The van der Waals surface area contributed by atoms with Gasteiger partial charge < -0.3 is 16.0 Å². The molecule has 2 rings (SSSR count). The zero-order valence-corrected chi connectivity index (χ0v) is 17.3. The van der Waals surface area contributed by atoms with E-state index in [0.29, 0.717) is 31.0 Å². The predicted octanol–water partition coefficient (Wildman–Crippen LogP) is 3.07. The number of hydrogen-bond acceptors (Lipinski definition) is 2. The zero-order chi connectivity index (χ0) is 18.8. The average Bonchev–Trinajstić information content (AvgIpc) is 2.67. The summed E-state index contributed by atoms with van der Waals surface area (Å²) < 4.78 is 26.7. The number of benzene rings is 2. The van der Waals surface area contributed by atoms with Gasteiger partial charge in [-0.15, -0.1) is 24.0 Å². The molecule has 0 aliphatic rings. The second-order valence-corrected chi connectivity index (χ2v) is 5.56. The van der Waals surface area contributed by atoms with E-state index in [4.69, 9.17) is 0 Å². The van der Waals surface area contributed by atoms with Crippen LogP contribution in [0, 0.1) is 11.6 Å². The van der Waals surface area contributed by atoms with Crippen molar-refractivity contribution in [2.45, 2.75) is 13.0 Å². The second-order valence-electron chi connectivity index (χ2n) is 5.56. The summed E-state index contributed by atoms with van der Waals surface area (Å²) >= 11 is 0. The van der Waals surface area contributed by atoms with Gasteiger partial charge >= 0.3 is 0 Å². The summed E-state index contributed by atoms with van der Waals surface area (Å²) in [6, 6.07) is 12.3. The molecule has 1 amide bonds. The predicted molar refractivity (Wildman–Crippen MR) is 113 cm³/mol. The van der Waals surface area contributed by atoms with Crippen LogP contribution < -0.4 is 16.0 Å². The zero-order valence-electron chi connectivity index (χ0n) is 15.0. The van der Waals surface area contributed by atoms with Gasteiger partial charge in [-0.05, 0) is 36.8 Å². The molecular weight excluding hydrogens is 465 g/mol. The molecule has 0 radical (unpaired) electrons. The van der Waals surface area contributed by atoms with Gasteiger partial charge in [0.1, 0.15) is 11.6 Å². The normalized spacial score (nSPS) is 10.7. The Morgan fingerprint density at radius 1 is 1.00 bits per heavy atom. The summed E-state index contributed by atoms with van der Waals surface area (Å²) in [5.74, 6) is -0.601. The summed E-state index contributed by atoms with van der Waals surface area (Å²) in [6.07, 6.45) is 0.688. The van der Waals surface area contributed by atoms with Gasteiger partial charge in [-0.1, -0.05) is 18.2 Å². The quantitative estimate of drug-likeness (QED) is 0.243. The second kappa shape index (κ2) is 12.2. The van der Waals surface area contributed by atoms with Gasteiger partial charge in [-0.3, -0.25) is 9.79 Å². The fourth-order valence-corrected chi connectivity index (χ4v) is 2.27. The average molecular weight is 488 g/mol. The number of rotatable bonds is 7. The molecule has 2 aromatic rings. The van der Waals surface area contributed by atoms with E-state index in [1.54, 1.807) is 19.2 Å². The van der Waals surface area contributed by atoms with E-state index in [1.165, 1.54) is 0 Å². The van der Waals surface area contributed by atoms with Crippen molar-refractivity contribution in [3.05, 3.63) is 71.3 Å². The first-order chi connectivity index (χ1) is 12.6. The molecule has 0 bridgehead atoms. The Balaban J connectivity index is 0.00000364. The summed E-state index contributed by atoms with van der Waals surface area (Å²) in [5.41, 5.74) is 0.845. The Kier molecular flexibility index (Phi) is 10.3. The number of carbonyl (C=O) groups excluding carboxylic acids is 1. The van der Waals surface area contributed by atoms with Gasteiger partial charge in [-0.2, -0.15) is 0 Å². The van der Waals surface area contributed by atoms with Crippen LogP contribution in [0.2, 0.25) is 0 Å². The lowest BCUT2D eigenvalue weighted by atomic mass is 10.2. The van der Waals surface area contributed by atoms with Crippen LogP contribution in [0.25, 0.3) is 0 Å². The first-order valence-corrected chi connectivity index (χ1v) is 8.32. The summed E-state index contributed by atoms with van der Waals surface area (Å²) in [5, 5.41) is 8.81. The Hall–Kier alpha value is -2.23. The minimum atomic E-state index is -0.486. The van der Waals surface area contributed by atoms with E-state index in [0.717, 1.165) is 18.2 Å². The Bertz CT molecular complexity index is 757. The van der Waals surface area contributed by atoms with Crippen LogP contribution in [0.4, 0.5) is 8.78 Å². The maximum absolute atomic E-state index is 13.6. The Morgan fingerprint density at radius 3 is 2.41 bits per heavy atom. The molecule has 0 saturated carbocycles. The molecule has 146 valence electrons. The number of hydrogen-bond donors (Lipinski definition) is 3. The highest BCUT2D eigenvalue weighted by molar-refractivity contribution is 14.0. The molecular formula is C19H23F2IN4O. The van der Waals surface area contributed by atoms with Gasteiger partial charge in [0.2, 0.25) is 0 Å². The molecule has 0 aliphatic heterocycles. The van der Waals surface area contributed by atoms with Gasteiger partial charge in [0, 0.05) is 37.8 Å². The monoisotopic (exact) mass is 488 g/mol. The molecule has 0 unspecified atom stereocenters. The highest BCUT2D eigenvalue weighted by Gasteiger charge is 2.06. The number of nitrogens with zero attached hydrogens (tertiary/aromatic N) is 1. The molecule has 0 fully saturated rings. The van der Waals surface area contributed by atoms with E-state index in [2.05, 4.69) is 20.9 Å². The maximum atomic E-state index is 13.6. The van der Waals surface area contributed by atoms with E-state index < -0.39 is 11.6 Å². The highest BCUT2D eigenvalue weighted by atomic mass is 127. The van der Waals surface area contributed by atoms with E-state index in [-0.39, 0.29) is 42.0 Å². The Morgan fingerprint density at radius 2 is 1.70 bits per heavy atom. The molecule has 2 aromatic carbocycles. The molecule has 0 saturated heterocycles. The lowest BCUT2D eigenvalue weighted by molar-refractivity contribution is 0.0953. The maximum Gasteiger partial charge on any atom is 0.251 e. The van der Waals surface area contributed by atoms with Gasteiger partial charge in [0.15, 0.2) is 5.96 Å². The number of amides is 1. The van der Waals surface area contributed by atoms with Crippen molar-refractivity contribution < 1.29 is 13.6 Å². The molecule has 0 atom stereocenters. The van der Waals surface area contributed by atoms with Gasteiger partial charge in [0.25, 0.3) is 5.91 Å². The van der Waals surface area contributed by atoms with Crippen LogP contribution in [0.5, 0.6) is 0 Å². The highest BCUT2D eigenvalue weighted by Crippen LogP contribution is 2.09. The summed E-state index contributed by atoms with van der Waals surface area (Å²) in [6.45, 7) is 1.20. The van der Waals surface area contributed by atoms with Gasteiger partial charge in [-0.25, -0.2) is 8.78 Å². The van der Waals surface area contributed by atoms with Crippen molar-refractivity contribution in [3.8, 4) is 0 Å². The number of carbonyl (C=O) groups is 1. The molecule has 27 heavy (non-hydrogen) atoms. The smallest absolute Gasteiger partial charge is 0.251 e. The van der Waals surface area contributed by atoms with E-state index in [9.17, 15) is 13.6 Å². The van der Waals surface area contributed by atoms with Crippen LogP contribution in [-0.2, 0) is 6.54 Å². The number of halogens is 3. The van der Waals surface area contributed by atoms with Crippen molar-refractivity contribution in [2.24, 2.45) is 4.99 Å². The Labute approximate surface area is 174 Å². The molecule has 0 aromatic heterocycles. The van der Waals surface area contributed by atoms with Crippen LogP contribution in [-0.4, -0.2) is 32.0 Å². The lowest BCUT2D eigenvalue weighted by Gasteiger charge is -2.12. The standard InChI is InChI=1S/C19H22F2N4O.HI/c1-22-19(25-13-15-12-16(20)8-9-17(15)21)24-11-5-10-23-18(26)14-6-3-2-4-7-14;/h2-4,6-9,12H,5,10-11,13H2,1H3,(H,23,26)(H2,22,24,25);1H. The van der Waals surface area contributed by atoms with E-state index >= 15 is 0 Å².